The number of ether oxygens (including phenoxy) is 1. The van der Waals surface area contributed by atoms with E-state index in [2.05, 4.69) is 33.0 Å². The lowest BCUT2D eigenvalue weighted by molar-refractivity contribution is -0.162. The Hall–Kier alpha value is -2.22. The number of aliphatic hydroxyl groups is 1. The number of amides is 1. The first kappa shape index (κ1) is 20.1. The summed E-state index contributed by atoms with van der Waals surface area (Å²) in [4.78, 5) is 28.3. The van der Waals surface area contributed by atoms with Crippen LogP contribution in [0.3, 0.4) is 0 Å². The first-order valence-electron chi connectivity index (χ1n) is 9.59. The number of hydrogen-bond donors (Lipinski definition) is 1. The number of fused-ring (bicyclic) bond motifs is 1. The molecule has 2 aliphatic rings. The van der Waals surface area contributed by atoms with Gasteiger partial charge in [-0.1, -0.05) is 40.2 Å². The van der Waals surface area contributed by atoms with E-state index in [9.17, 15) is 14.7 Å². The van der Waals surface area contributed by atoms with Gasteiger partial charge in [-0.05, 0) is 35.4 Å². The van der Waals surface area contributed by atoms with Gasteiger partial charge in [-0.15, -0.1) is 0 Å². The van der Waals surface area contributed by atoms with Crippen LogP contribution in [-0.2, 0) is 16.1 Å². The third kappa shape index (κ3) is 3.82. The van der Waals surface area contributed by atoms with Gasteiger partial charge in [-0.2, -0.15) is 0 Å². The molecule has 2 aromatic rings. The van der Waals surface area contributed by atoms with Crippen molar-refractivity contribution < 1.29 is 19.4 Å². The number of aliphatic hydroxyl groups excluding tert-OH is 1. The topological polar surface area (TPSA) is 70.1 Å². The predicted octanol–water partition coefficient (Wildman–Crippen LogP) is 2.41. The number of carbonyl (C=O) groups excluding carboxylic acids is 2. The van der Waals surface area contributed by atoms with Gasteiger partial charge in [-0.3, -0.25) is 9.69 Å². The van der Waals surface area contributed by atoms with Gasteiger partial charge in [0, 0.05) is 23.5 Å². The van der Waals surface area contributed by atoms with Gasteiger partial charge in [0.2, 0.25) is 5.91 Å². The van der Waals surface area contributed by atoms with Crippen LogP contribution in [0.2, 0.25) is 0 Å². The standard InChI is InChI=1S/C22H23BrN2O4/c1-29-22(28)16-4-2-14(3-5-16)10-24-11-18-21(15-6-8-17(23)9-7-15)19(13-26)25(18)20(27)12-24/h2-9,18-19,21,26H,10-13H2,1H3/t18-,19-,21-/m1/s1. The van der Waals surface area contributed by atoms with E-state index in [-0.39, 0.29) is 36.5 Å². The number of piperazine rings is 1. The van der Waals surface area contributed by atoms with Crippen LogP contribution >= 0.6 is 15.9 Å². The van der Waals surface area contributed by atoms with Crippen molar-refractivity contribution in [3.63, 3.8) is 0 Å². The summed E-state index contributed by atoms with van der Waals surface area (Å²) in [5.74, 6) is -0.177. The molecule has 29 heavy (non-hydrogen) atoms. The molecule has 1 N–H and O–H groups in total. The molecule has 7 heteroatoms. The quantitative estimate of drug-likeness (QED) is 0.696. The highest BCUT2D eigenvalue weighted by molar-refractivity contribution is 9.10. The molecule has 2 aliphatic heterocycles. The predicted molar refractivity (Wildman–Crippen MR) is 111 cm³/mol. The van der Waals surface area contributed by atoms with Crippen molar-refractivity contribution in [2.24, 2.45) is 0 Å². The van der Waals surface area contributed by atoms with Crippen molar-refractivity contribution in [1.82, 2.24) is 9.80 Å². The van der Waals surface area contributed by atoms with Crippen LogP contribution < -0.4 is 0 Å². The molecule has 4 rings (SSSR count). The van der Waals surface area contributed by atoms with E-state index >= 15 is 0 Å². The number of esters is 1. The van der Waals surface area contributed by atoms with Crippen LogP contribution in [0, 0.1) is 0 Å². The fraction of sp³-hybridized carbons (Fsp3) is 0.364. The highest BCUT2D eigenvalue weighted by Crippen LogP contribution is 2.43. The molecule has 2 fully saturated rings. The van der Waals surface area contributed by atoms with E-state index in [0.29, 0.717) is 18.7 Å². The monoisotopic (exact) mass is 458 g/mol. The zero-order valence-corrected chi connectivity index (χ0v) is 17.7. The average Bonchev–Trinajstić information content (AvgIpc) is 2.71. The first-order valence-corrected chi connectivity index (χ1v) is 10.4. The summed E-state index contributed by atoms with van der Waals surface area (Å²) in [5.41, 5.74) is 2.69. The molecule has 2 heterocycles. The smallest absolute Gasteiger partial charge is 0.337 e. The van der Waals surface area contributed by atoms with Crippen molar-refractivity contribution in [3.8, 4) is 0 Å². The van der Waals surface area contributed by atoms with Gasteiger partial charge in [0.1, 0.15) is 0 Å². The summed E-state index contributed by atoms with van der Waals surface area (Å²) >= 11 is 3.46. The maximum atomic E-state index is 12.7. The minimum atomic E-state index is -0.359. The number of nitrogens with zero attached hydrogens (tertiary/aromatic N) is 2. The van der Waals surface area contributed by atoms with Crippen molar-refractivity contribution in [3.05, 3.63) is 69.7 Å². The Kier molecular flexibility index (Phi) is 5.72. The largest absolute Gasteiger partial charge is 0.465 e. The fourth-order valence-corrected chi connectivity index (χ4v) is 4.76. The lowest BCUT2D eigenvalue weighted by atomic mass is 9.74. The molecule has 2 saturated heterocycles. The van der Waals surface area contributed by atoms with Crippen LogP contribution in [0.4, 0.5) is 0 Å². The Morgan fingerprint density at radius 2 is 1.86 bits per heavy atom. The average molecular weight is 459 g/mol. The number of rotatable bonds is 5. The zero-order valence-electron chi connectivity index (χ0n) is 16.1. The molecule has 0 radical (unpaired) electrons. The molecule has 0 bridgehead atoms. The number of benzene rings is 2. The van der Waals surface area contributed by atoms with Crippen molar-refractivity contribution in [1.29, 1.82) is 0 Å². The van der Waals surface area contributed by atoms with E-state index in [4.69, 9.17) is 4.74 Å². The van der Waals surface area contributed by atoms with E-state index in [1.165, 1.54) is 7.11 Å². The van der Waals surface area contributed by atoms with Gasteiger partial charge < -0.3 is 14.7 Å². The number of hydrogen-bond acceptors (Lipinski definition) is 5. The van der Waals surface area contributed by atoms with Crippen molar-refractivity contribution >= 4 is 27.8 Å². The fourth-order valence-electron chi connectivity index (χ4n) is 4.49. The zero-order chi connectivity index (χ0) is 20.5. The molecule has 0 aliphatic carbocycles. The second kappa shape index (κ2) is 8.26. The summed E-state index contributed by atoms with van der Waals surface area (Å²) in [6, 6.07) is 15.3. The van der Waals surface area contributed by atoms with Gasteiger partial charge in [0.15, 0.2) is 0 Å². The Morgan fingerprint density at radius 3 is 2.48 bits per heavy atom. The molecule has 0 spiro atoms. The number of carbonyl (C=O) groups is 2. The number of methoxy groups -OCH3 is 1. The molecule has 6 nitrogen and oxygen atoms in total. The Labute approximate surface area is 178 Å². The summed E-state index contributed by atoms with van der Waals surface area (Å²) in [6.07, 6.45) is 0. The van der Waals surface area contributed by atoms with E-state index in [1.807, 2.05) is 29.2 Å². The highest BCUT2D eigenvalue weighted by Gasteiger charge is 2.53. The third-order valence-corrected chi connectivity index (χ3v) is 6.39. The third-order valence-electron chi connectivity index (χ3n) is 5.86. The minimum Gasteiger partial charge on any atom is -0.465 e. The van der Waals surface area contributed by atoms with Gasteiger partial charge >= 0.3 is 5.97 Å². The van der Waals surface area contributed by atoms with E-state index < -0.39 is 0 Å². The molecule has 3 atom stereocenters. The Morgan fingerprint density at radius 1 is 1.17 bits per heavy atom. The SMILES string of the molecule is COC(=O)c1ccc(CN2CC(=O)N3[C@H](CO)[C@H](c4ccc(Br)cc4)[C@H]3C2)cc1. The van der Waals surface area contributed by atoms with Crippen LogP contribution in [-0.4, -0.2) is 65.7 Å². The van der Waals surface area contributed by atoms with Crippen molar-refractivity contribution in [2.75, 3.05) is 26.8 Å². The first-order chi connectivity index (χ1) is 14.0. The van der Waals surface area contributed by atoms with Gasteiger partial charge in [0.05, 0.1) is 37.9 Å². The molecule has 0 aromatic heterocycles. The number of halogens is 1. The molecule has 152 valence electrons. The molecule has 0 unspecified atom stereocenters. The summed E-state index contributed by atoms with van der Waals surface area (Å²) in [6.45, 7) is 1.69. The Balaban J connectivity index is 1.49. The van der Waals surface area contributed by atoms with E-state index in [1.54, 1.807) is 12.1 Å². The van der Waals surface area contributed by atoms with Gasteiger partial charge in [-0.25, -0.2) is 4.79 Å². The van der Waals surface area contributed by atoms with Crippen LogP contribution in [0.15, 0.2) is 53.0 Å². The maximum absolute atomic E-state index is 12.7. The van der Waals surface area contributed by atoms with Crippen LogP contribution in [0.5, 0.6) is 0 Å². The minimum absolute atomic E-state index is 0.0298. The molecule has 1 amide bonds. The normalized spacial score (nSPS) is 24.0. The molecular weight excluding hydrogens is 436 g/mol. The maximum Gasteiger partial charge on any atom is 0.337 e. The van der Waals surface area contributed by atoms with Crippen LogP contribution in [0.1, 0.15) is 27.4 Å². The second-order valence-corrected chi connectivity index (χ2v) is 8.47. The van der Waals surface area contributed by atoms with Gasteiger partial charge in [0.25, 0.3) is 0 Å². The summed E-state index contributed by atoms with van der Waals surface area (Å²) in [5, 5.41) is 9.87. The molecular formula is C22H23BrN2O4. The van der Waals surface area contributed by atoms with E-state index in [0.717, 1.165) is 22.1 Å². The van der Waals surface area contributed by atoms with Crippen molar-refractivity contribution in [2.45, 2.75) is 24.5 Å². The summed E-state index contributed by atoms with van der Waals surface area (Å²) < 4.78 is 5.74. The lowest BCUT2D eigenvalue weighted by Crippen LogP contribution is -2.72. The second-order valence-electron chi connectivity index (χ2n) is 7.55. The van der Waals surface area contributed by atoms with Crippen LogP contribution in [0.25, 0.3) is 0 Å². The Bertz CT molecular complexity index is 900. The highest BCUT2D eigenvalue weighted by atomic mass is 79.9. The lowest BCUT2D eigenvalue weighted by Gasteiger charge is -2.59. The summed E-state index contributed by atoms with van der Waals surface area (Å²) in [7, 11) is 1.36. The molecule has 0 saturated carbocycles. The molecule has 2 aromatic carbocycles.